The van der Waals surface area contributed by atoms with Crippen LogP contribution in [-0.2, 0) is 9.59 Å². The number of carbonyl (C=O) groups is 2. The average Bonchev–Trinajstić information content (AvgIpc) is 2.27. The molecule has 0 saturated carbocycles. The standard InChI is InChI=1S/C10H20N4O2/c11-5-1-7-13-9(15)3-4-10(16)14-8-2-6-12/h3-4H,1-2,5-8,11-12H2,(H,13,15)(H,14,16)/b4-3+. The van der Waals surface area contributed by atoms with Gasteiger partial charge in [0.25, 0.3) is 0 Å². The maximum absolute atomic E-state index is 11.1. The summed E-state index contributed by atoms with van der Waals surface area (Å²) >= 11 is 0. The van der Waals surface area contributed by atoms with Gasteiger partial charge in [-0.25, -0.2) is 0 Å². The normalized spacial score (nSPS) is 10.4. The number of amides is 2. The van der Waals surface area contributed by atoms with Crippen LogP contribution in [0.15, 0.2) is 12.2 Å². The molecule has 6 N–H and O–H groups in total. The second-order valence-corrected chi connectivity index (χ2v) is 3.20. The molecule has 0 spiro atoms. The highest BCUT2D eigenvalue weighted by atomic mass is 16.2. The first-order chi connectivity index (χ1) is 7.70. The van der Waals surface area contributed by atoms with Crippen LogP contribution in [0.25, 0.3) is 0 Å². The molecule has 0 aliphatic heterocycles. The van der Waals surface area contributed by atoms with Crippen LogP contribution >= 0.6 is 0 Å². The van der Waals surface area contributed by atoms with Crippen molar-refractivity contribution < 1.29 is 9.59 Å². The lowest BCUT2D eigenvalue weighted by Crippen LogP contribution is -2.26. The summed E-state index contributed by atoms with van der Waals surface area (Å²) in [4.78, 5) is 22.2. The molecule has 0 aliphatic carbocycles. The van der Waals surface area contributed by atoms with Crippen molar-refractivity contribution in [3.63, 3.8) is 0 Å². The average molecular weight is 228 g/mol. The first-order valence-corrected chi connectivity index (χ1v) is 5.34. The molecule has 0 aromatic rings. The lowest BCUT2D eigenvalue weighted by molar-refractivity contribution is -0.118. The molecule has 0 heterocycles. The molecule has 0 aromatic carbocycles. The minimum atomic E-state index is -0.289. The molecule has 0 rings (SSSR count). The van der Waals surface area contributed by atoms with Crippen LogP contribution in [0.4, 0.5) is 0 Å². The summed E-state index contributed by atoms with van der Waals surface area (Å²) in [6.07, 6.45) is 3.85. The summed E-state index contributed by atoms with van der Waals surface area (Å²) in [6, 6.07) is 0. The summed E-state index contributed by atoms with van der Waals surface area (Å²) in [5, 5.41) is 5.20. The van der Waals surface area contributed by atoms with Crippen molar-refractivity contribution in [1.82, 2.24) is 10.6 Å². The maximum Gasteiger partial charge on any atom is 0.244 e. The molecule has 6 heteroatoms. The molecule has 0 radical (unpaired) electrons. The van der Waals surface area contributed by atoms with E-state index in [1.54, 1.807) is 0 Å². The smallest absolute Gasteiger partial charge is 0.244 e. The van der Waals surface area contributed by atoms with Crippen LogP contribution in [0.1, 0.15) is 12.8 Å². The highest BCUT2D eigenvalue weighted by Crippen LogP contribution is 1.78. The van der Waals surface area contributed by atoms with E-state index < -0.39 is 0 Å². The van der Waals surface area contributed by atoms with Gasteiger partial charge < -0.3 is 22.1 Å². The Labute approximate surface area is 95.4 Å². The Bertz CT molecular complexity index is 217. The Balaban J connectivity index is 3.63. The number of nitrogens with one attached hydrogen (secondary N) is 2. The molecule has 0 saturated heterocycles. The van der Waals surface area contributed by atoms with Crippen molar-refractivity contribution >= 4 is 11.8 Å². The number of hydrogen-bond acceptors (Lipinski definition) is 4. The van der Waals surface area contributed by atoms with E-state index in [2.05, 4.69) is 10.6 Å². The molecule has 6 nitrogen and oxygen atoms in total. The summed E-state index contributed by atoms with van der Waals surface area (Å²) < 4.78 is 0. The number of carbonyl (C=O) groups excluding carboxylic acids is 2. The Morgan fingerprint density at radius 2 is 1.25 bits per heavy atom. The molecule has 92 valence electrons. The second-order valence-electron chi connectivity index (χ2n) is 3.20. The Hall–Kier alpha value is -1.40. The fourth-order valence-corrected chi connectivity index (χ4v) is 0.897. The van der Waals surface area contributed by atoms with Crippen molar-refractivity contribution in [1.29, 1.82) is 0 Å². The van der Waals surface area contributed by atoms with Crippen LogP contribution in [0.3, 0.4) is 0 Å². The van der Waals surface area contributed by atoms with Crippen LogP contribution in [0.5, 0.6) is 0 Å². The van der Waals surface area contributed by atoms with E-state index in [0.717, 1.165) is 12.8 Å². The molecule has 2 amide bonds. The zero-order valence-electron chi connectivity index (χ0n) is 9.37. The van der Waals surface area contributed by atoms with E-state index in [1.807, 2.05) is 0 Å². The first-order valence-electron chi connectivity index (χ1n) is 5.34. The van der Waals surface area contributed by atoms with Gasteiger partial charge in [0.15, 0.2) is 0 Å². The molecule has 16 heavy (non-hydrogen) atoms. The van der Waals surface area contributed by atoms with E-state index in [9.17, 15) is 9.59 Å². The molecule has 0 fully saturated rings. The van der Waals surface area contributed by atoms with Gasteiger partial charge in [0.05, 0.1) is 0 Å². The maximum atomic E-state index is 11.1. The van der Waals surface area contributed by atoms with E-state index in [1.165, 1.54) is 12.2 Å². The number of hydrogen-bond donors (Lipinski definition) is 4. The van der Waals surface area contributed by atoms with Gasteiger partial charge in [0.2, 0.25) is 11.8 Å². The quantitative estimate of drug-likeness (QED) is 0.298. The number of rotatable bonds is 8. The zero-order chi connectivity index (χ0) is 12.2. The molecule has 0 aliphatic rings. The topological polar surface area (TPSA) is 110 Å². The van der Waals surface area contributed by atoms with Crippen LogP contribution in [0, 0.1) is 0 Å². The molecular formula is C10H20N4O2. The van der Waals surface area contributed by atoms with Gasteiger partial charge in [-0.3, -0.25) is 9.59 Å². The van der Waals surface area contributed by atoms with Gasteiger partial charge in [0, 0.05) is 25.2 Å². The van der Waals surface area contributed by atoms with Gasteiger partial charge in [-0.1, -0.05) is 0 Å². The summed E-state index contributed by atoms with van der Waals surface area (Å²) in [7, 11) is 0. The third kappa shape index (κ3) is 9.17. The monoisotopic (exact) mass is 228 g/mol. The van der Waals surface area contributed by atoms with Gasteiger partial charge >= 0.3 is 0 Å². The van der Waals surface area contributed by atoms with Crippen molar-refractivity contribution in [3.8, 4) is 0 Å². The molecule has 0 aromatic heterocycles. The van der Waals surface area contributed by atoms with Crippen LogP contribution < -0.4 is 22.1 Å². The molecule has 0 atom stereocenters. The fraction of sp³-hybridized carbons (Fsp3) is 0.600. The van der Waals surface area contributed by atoms with Crippen molar-refractivity contribution in [2.75, 3.05) is 26.2 Å². The van der Waals surface area contributed by atoms with Crippen molar-refractivity contribution in [2.24, 2.45) is 11.5 Å². The lowest BCUT2D eigenvalue weighted by atomic mass is 10.4. The molecular weight excluding hydrogens is 208 g/mol. The predicted molar refractivity (Wildman–Crippen MR) is 62.5 cm³/mol. The predicted octanol–water partition coefficient (Wildman–Crippen LogP) is -1.53. The lowest BCUT2D eigenvalue weighted by Gasteiger charge is -2.00. The van der Waals surface area contributed by atoms with Crippen molar-refractivity contribution in [2.45, 2.75) is 12.8 Å². The largest absolute Gasteiger partial charge is 0.353 e. The minimum absolute atomic E-state index is 0.289. The fourth-order valence-electron chi connectivity index (χ4n) is 0.897. The third-order valence-corrected chi connectivity index (χ3v) is 1.75. The Kier molecular flexibility index (Phi) is 9.24. The van der Waals surface area contributed by atoms with Crippen LogP contribution in [0.2, 0.25) is 0 Å². The highest BCUT2D eigenvalue weighted by molar-refractivity contribution is 5.96. The zero-order valence-corrected chi connectivity index (χ0v) is 9.37. The third-order valence-electron chi connectivity index (χ3n) is 1.75. The van der Waals surface area contributed by atoms with Gasteiger partial charge in [-0.2, -0.15) is 0 Å². The Morgan fingerprint density at radius 1 is 0.875 bits per heavy atom. The van der Waals surface area contributed by atoms with E-state index in [4.69, 9.17) is 11.5 Å². The molecule has 0 unspecified atom stereocenters. The first kappa shape index (κ1) is 14.6. The van der Waals surface area contributed by atoms with Crippen molar-refractivity contribution in [3.05, 3.63) is 12.2 Å². The van der Waals surface area contributed by atoms with E-state index in [0.29, 0.717) is 26.2 Å². The summed E-state index contributed by atoms with van der Waals surface area (Å²) in [5.74, 6) is -0.579. The Morgan fingerprint density at radius 3 is 1.56 bits per heavy atom. The number of nitrogens with two attached hydrogens (primary N) is 2. The molecule has 0 bridgehead atoms. The van der Waals surface area contributed by atoms with Crippen LogP contribution in [-0.4, -0.2) is 38.0 Å². The summed E-state index contributed by atoms with van der Waals surface area (Å²) in [5.41, 5.74) is 10.5. The minimum Gasteiger partial charge on any atom is -0.353 e. The van der Waals surface area contributed by atoms with Gasteiger partial charge in [-0.05, 0) is 25.9 Å². The van der Waals surface area contributed by atoms with E-state index >= 15 is 0 Å². The van der Waals surface area contributed by atoms with Gasteiger partial charge in [0.1, 0.15) is 0 Å². The highest BCUT2D eigenvalue weighted by Gasteiger charge is 1.97. The van der Waals surface area contributed by atoms with E-state index in [-0.39, 0.29) is 11.8 Å². The second kappa shape index (κ2) is 10.1. The SMILES string of the molecule is NCCCNC(=O)/C=C/C(=O)NCCCN. The summed E-state index contributed by atoms with van der Waals surface area (Å²) in [6.45, 7) is 2.11. The van der Waals surface area contributed by atoms with Gasteiger partial charge in [-0.15, -0.1) is 0 Å².